The summed E-state index contributed by atoms with van der Waals surface area (Å²) in [5, 5.41) is 3.16. The Labute approximate surface area is 163 Å². The van der Waals surface area contributed by atoms with Gasteiger partial charge in [0.05, 0.1) is 13.2 Å². The Morgan fingerprint density at radius 3 is 1.38 bits per heavy atom. The highest BCUT2D eigenvalue weighted by Crippen LogP contribution is 2.13. The average Bonchev–Trinajstić information content (AvgIpc) is 2.66. The number of hydrogen-bond acceptors (Lipinski definition) is 3. The summed E-state index contributed by atoms with van der Waals surface area (Å²) in [6, 6.07) is 0. The summed E-state index contributed by atoms with van der Waals surface area (Å²) in [5.41, 5.74) is 5.11. The van der Waals surface area contributed by atoms with Crippen LogP contribution in [0.2, 0.25) is 0 Å². The number of nitrogens with two attached hydrogens (primary N) is 1. The lowest BCUT2D eigenvalue weighted by Gasteiger charge is -2.10. The van der Waals surface area contributed by atoms with Crippen LogP contribution in [0.5, 0.6) is 0 Å². The fourth-order valence-corrected chi connectivity index (χ4v) is 3.19. The zero-order valence-electron chi connectivity index (χ0n) is 17.5. The third kappa shape index (κ3) is 23.4. The van der Waals surface area contributed by atoms with Gasteiger partial charge in [0.15, 0.2) is 0 Å². The molecule has 26 heavy (non-hydrogen) atoms. The van der Waals surface area contributed by atoms with Crippen LogP contribution in [-0.4, -0.2) is 32.2 Å². The van der Waals surface area contributed by atoms with Gasteiger partial charge in [0.1, 0.15) is 0 Å². The second kappa shape index (κ2) is 22.4. The van der Waals surface area contributed by atoms with E-state index in [9.17, 15) is 4.79 Å². The van der Waals surface area contributed by atoms with Gasteiger partial charge >= 0.3 is 0 Å². The van der Waals surface area contributed by atoms with E-state index in [0.717, 1.165) is 32.7 Å². The molecule has 1 aliphatic rings. The molecule has 0 aromatic carbocycles. The summed E-state index contributed by atoms with van der Waals surface area (Å²) in [6.45, 7) is 6.11. The monoisotopic (exact) mass is 370 g/mol. The number of unbranched alkanes of at least 4 members (excludes halogenated alkanes) is 14. The van der Waals surface area contributed by atoms with E-state index < -0.39 is 0 Å². The van der Waals surface area contributed by atoms with Crippen molar-refractivity contribution >= 4 is 5.91 Å². The molecule has 1 saturated heterocycles. The first-order chi connectivity index (χ1) is 12.8. The second-order valence-electron chi connectivity index (χ2n) is 7.53. The number of ether oxygens (including phenoxy) is 1. The van der Waals surface area contributed by atoms with Crippen molar-refractivity contribution in [1.29, 1.82) is 0 Å². The van der Waals surface area contributed by atoms with Crippen molar-refractivity contribution in [2.75, 3.05) is 26.3 Å². The molecule has 4 heteroatoms. The topological polar surface area (TPSA) is 64.3 Å². The third-order valence-electron chi connectivity index (χ3n) is 4.87. The van der Waals surface area contributed by atoms with Crippen molar-refractivity contribution < 1.29 is 9.53 Å². The molecule has 0 aromatic rings. The van der Waals surface area contributed by atoms with E-state index in [4.69, 9.17) is 10.5 Å². The smallest absolute Gasteiger partial charge is 0.217 e. The van der Waals surface area contributed by atoms with Gasteiger partial charge in [-0.05, 0) is 6.42 Å². The second-order valence-corrected chi connectivity index (χ2v) is 7.53. The quantitative estimate of drug-likeness (QED) is 0.360. The van der Waals surface area contributed by atoms with Gasteiger partial charge in [0.2, 0.25) is 5.91 Å². The molecular weight excluding hydrogens is 324 g/mol. The van der Waals surface area contributed by atoms with E-state index in [1.807, 2.05) is 0 Å². The molecular formula is C22H46N2O2. The first-order valence-corrected chi connectivity index (χ1v) is 11.3. The van der Waals surface area contributed by atoms with Gasteiger partial charge in [-0.1, -0.05) is 96.8 Å². The molecule has 0 atom stereocenters. The molecule has 0 unspecified atom stereocenters. The van der Waals surface area contributed by atoms with Gasteiger partial charge in [-0.2, -0.15) is 0 Å². The van der Waals surface area contributed by atoms with Crippen LogP contribution in [0.3, 0.4) is 0 Å². The van der Waals surface area contributed by atoms with Gasteiger partial charge in [-0.25, -0.2) is 0 Å². The average molecular weight is 371 g/mol. The maximum absolute atomic E-state index is 10.6. The molecule has 1 aliphatic heterocycles. The molecule has 0 aliphatic carbocycles. The van der Waals surface area contributed by atoms with E-state index in [-0.39, 0.29) is 5.91 Å². The number of primary amides is 1. The predicted molar refractivity (Wildman–Crippen MR) is 112 cm³/mol. The van der Waals surface area contributed by atoms with Crippen LogP contribution >= 0.6 is 0 Å². The van der Waals surface area contributed by atoms with Gasteiger partial charge in [-0.15, -0.1) is 0 Å². The Kier molecular flexibility index (Phi) is 21.9. The van der Waals surface area contributed by atoms with E-state index in [0.29, 0.717) is 6.42 Å². The SMILES string of the molecule is C1COCCN1.CCCCCCCCCCCCCCCCCC(N)=O. The minimum absolute atomic E-state index is 0.153. The third-order valence-corrected chi connectivity index (χ3v) is 4.87. The van der Waals surface area contributed by atoms with Crippen LogP contribution in [0.25, 0.3) is 0 Å². The largest absolute Gasteiger partial charge is 0.379 e. The molecule has 0 saturated carbocycles. The number of nitrogens with one attached hydrogen (secondary N) is 1. The maximum atomic E-state index is 10.6. The minimum atomic E-state index is -0.153. The van der Waals surface area contributed by atoms with Crippen molar-refractivity contribution in [3.8, 4) is 0 Å². The molecule has 156 valence electrons. The van der Waals surface area contributed by atoms with E-state index in [1.54, 1.807) is 0 Å². The Hall–Kier alpha value is -0.610. The summed E-state index contributed by atoms with van der Waals surface area (Å²) in [5.74, 6) is -0.153. The van der Waals surface area contributed by atoms with E-state index >= 15 is 0 Å². The van der Waals surface area contributed by atoms with Crippen molar-refractivity contribution in [2.45, 2.75) is 110 Å². The Bertz CT molecular complexity index is 270. The Morgan fingerprint density at radius 1 is 0.731 bits per heavy atom. The lowest BCUT2D eigenvalue weighted by Crippen LogP contribution is -2.30. The molecule has 3 N–H and O–H groups in total. The van der Waals surface area contributed by atoms with Crippen LogP contribution < -0.4 is 11.1 Å². The zero-order chi connectivity index (χ0) is 19.1. The fourth-order valence-electron chi connectivity index (χ4n) is 3.19. The van der Waals surface area contributed by atoms with Crippen LogP contribution in [-0.2, 0) is 9.53 Å². The number of carbonyl (C=O) groups is 1. The van der Waals surface area contributed by atoms with Crippen molar-refractivity contribution in [1.82, 2.24) is 5.32 Å². The van der Waals surface area contributed by atoms with Crippen LogP contribution in [0.4, 0.5) is 0 Å². The highest BCUT2D eigenvalue weighted by molar-refractivity contribution is 5.73. The molecule has 4 nitrogen and oxygen atoms in total. The summed E-state index contributed by atoms with van der Waals surface area (Å²) in [6.07, 6.45) is 20.9. The van der Waals surface area contributed by atoms with Crippen molar-refractivity contribution in [3.05, 3.63) is 0 Å². The highest BCUT2D eigenvalue weighted by Gasteiger charge is 1.96. The highest BCUT2D eigenvalue weighted by atomic mass is 16.5. The lowest BCUT2D eigenvalue weighted by atomic mass is 10.0. The Balaban J connectivity index is 0.000000867. The molecule has 0 aromatic heterocycles. The maximum Gasteiger partial charge on any atom is 0.217 e. The summed E-state index contributed by atoms with van der Waals surface area (Å²) in [7, 11) is 0. The molecule has 1 rings (SSSR count). The Morgan fingerprint density at radius 2 is 1.12 bits per heavy atom. The minimum Gasteiger partial charge on any atom is -0.379 e. The number of rotatable bonds is 16. The van der Waals surface area contributed by atoms with Crippen molar-refractivity contribution in [2.24, 2.45) is 5.73 Å². The van der Waals surface area contributed by atoms with Gasteiger partial charge < -0.3 is 15.8 Å². The molecule has 1 heterocycles. The molecule has 0 spiro atoms. The van der Waals surface area contributed by atoms with E-state index in [2.05, 4.69) is 12.2 Å². The number of carbonyl (C=O) groups excluding carboxylic acids is 1. The first-order valence-electron chi connectivity index (χ1n) is 11.3. The summed E-state index contributed by atoms with van der Waals surface area (Å²) < 4.78 is 5.01. The van der Waals surface area contributed by atoms with Crippen LogP contribution in [0, 0.1) is 0 Å². The summed E-state index contributed by atoms with van der Waals surface area (Å²) in [4.78, 5) is 10.6. The van der Waals surface area contributed by atoms with Crippen LogP contribution in [0.1, 0.15) is 110 Å². The standard InChI is InChI=1S/C18H37NO.C4H9NO/c1-2-3-4-5-6-7-8-9-10-11-12-13-14-15-16-17-18(19)20;1-3-6-4-2-5-1/h2-17H2,1H3,(H2,19,20);5H,1-4H2. The first kappa shape index (κ1) is 25.4. The van der Waals surface area contributed by atoms with E-state index in [1.165, 1.54) is 89.9 Å². The van der Waals surface area contributed by atoms with Gasteiger partial charge in [0.25, 0.3) is 0 Å². The normalized spacial score (nSPS) is 13.9. The molecule has 0 radical (unpaired) electrons. The molecule has 0 bridgehead atoms. The lowest BCUT2D eigenvalue weighted by molar-refractivity contribution is -0.118. The molecule has 1 amide bonds. The van der Waals surface area contributed by atoms with Gasteiger partial charge in [0, 0.05) is 19.5 Å². The number of morpholine rings is 1. The summed E-state index contributed by atoms with van der Waals surface area (Å²) >= 11 is 0. The predicted octanol–water partition coefficient (Wildman–Crippen LogP) is 5.34. The zero-order valence-corrected chi connectivity index (χ0v) is 17.5. The number of amides is 1. The molecule has 1 fully saturated rings. The fraction of sp³-hybridized carbons (Fsp3) is 0.955. The van der Waals surface area contributed by atoms with Gasteiger partial charge in [-0.3, -0.25) is 4.79 Å². The van der Waals surface area contributed by atoms with Crippen LogP contribution in [0.15, 0.2) is 0 Å². The van der Waals surface area contributed by atoms with Crippen molar-refractivity contribution in [3.63, 3.8) is 0 Å². The number of hydrogen-bond donors (Lipinski definition) is 2.